The highest BCUT2D eigenvalue weighted by Gasteiger charge is 2.06. The van der Waals surface area contributed by atoms with Crippen molar-refractivity contribution in [2.75, 3.05) is 31.4 Å². The van der Waals surface area contributed by atoms with Crippen molar-refractivity contribution in [3.8, 4) is 5.88 Å². The second-order valence-corrected chi connectivity index (χ2v) is 4.48. The average Bonchev–Trinajstić information content (AvgIpc) is 2.48. The number of rotatable bonds is 4. The summed E-state index contributed by atoms with van der Waals surface area (Å²) >= 11 is 0. The lowest BCUT2D eigenvalue weighted by atomic mass is 10.2. The van der Waals surface area contributed by atoms with Gasteiger partial charge in [0.05, 0.1) is 19.0 Å². The van der Waals surface area contributed by atoms with Gasteiger partial charge in [0.25, 0.3) is 5.91 Å². The number of benzene rings is 1. The van der Waals surface area contributed by atoms with Crippen molar-refractivity contribution in [2.45, 2.75) is 0 Å². The van der Waals surface area contributed by atoms with Crippen LogP contribution in [0.3, 0.4) is 0 Å². The van der Waals surface area contributed by atoms with Gasteiger partial charge in [-0.25, -0.2) is 4.98 Å². The van der Waals surface area contributed by atoms with E-state index >= 15 is 0 Å². The molecule has 1 aromatic carbocycles. The second kappa shape index (κ2) is 6.06. The minimum absolute atomic E-state index is 0.165. The molecule has 0 spiro atoms. The van der Waals surface area contributed by atoms with E-state index in [9.17, 15) is 4.79 Å². The summed E-state index contributed by atoms with van der Waals surface area (Å²) in [7, 11) is 5.46. The highest BCUT2D eigenvalue weighted by Crippen LogP contribution is 2.15. The molecule has 0 radical (unpaired) electrons. The number of amides is 1. The van der Waals surface area contributed by atoms with E-state index in [0.29, 0.717) is 17.1 Å². The molecule has 0 aliphatic rings. The Bertz CT molecular complexity index is 577. The minimum atomic E-state index is -0.165. The largest absolute Gasteiger partial charge is 0.481 e. The molecule has 5 nitrogen and oxygen atoms in total. The van der Waals surface area contributed by atoms with E-state index in [1.165, 1.54) is 0 Å². The number of carbonyl (C=O) groups is 1. The van der Waals surface area contributed by atoms with Crippen LogP contribution in [0.1, 0.15) is 10.4 Å². The molecule has 0 aliphatic carbocycles. The van der Waals surface area contributed by atoms with Crippen LogP contribution in [0.15, 0.2) is 42.6 Å². The first-order valence-corrected chi connectivity index (χ1v) is 6.19. The maximum atomic E-state index is 12.1. The van der Waals surface area contributed by atoms with E-state index in [0.717, 1.165) is 5.69 Å². The molecule has 1 aromatic heterocycles. The first-order valence-electron chi connectivity index (χ1n) is 6.19. The van der Waals surface area contributed by atoms with Gasteiger partial charge < -0.3 is 15.0 Å². The second-order valence-electron chi connectivity index (χ2n) is 4.48. The van der Waals surface area contributed by atoms with Gasteiger partial charge in [0.15, 0.2) is 0 Å². The van der Waals surface area contributed by atoms with Crippen LogP contribution in [-0.4, -0.2) is 32.1 Å². The molecule has 1 amide bonds. The number of hydrogen-bond acceptors (Lipinski definition) is 4. The van der Waals surface area contributed by atoms with E-state index in [-0.39, 0.29) is 5.91 Å². The van der Waals surface area contributed by atoms with Gasteiger partial charge in [-0.15, -0.1) is 0 Å². The fourth-order valence-corrected chi connectivity index (χ4v) is 1.69. The molecule has 0 atom stereocenters. The highest BCUT2D eigenvalue weighted by molar-refractivity contribution is 6.04. The zero-order chi connectivity index (χ0) is 14.5. The first-order chi connectivity index (χ1) is 9.60. The Hall–Kier alpha value is -2.56. The standard InChI is InChI=1S/C15H17N3O2/c1-18(2)13-7-4-11(5-8-13)15(19)17-12-6-9-14(20-3)16-10-12/h4-10H,1-3H3,(H,17,19). The van der Waals surface area contributed by atoms with Crippen molar-refractivity contribution in [3.05, 3.63) is 48.2 Å². The summed E-state index contributed by atoms with van der Waals surface area (Å²) in [5.41, 5.74) is 2.28. The number of aromatic nitrogens is 1. The molecule has 5 heteroatoms. The Morgan fingerprint density at radius 2 is 1.85 bits per heavy atom. The maximum absolute atomic E-state index is 12.1. The molecule has 0 unspecified atom stereocenters. The van der Waals surface area contributed by atoms with Crippen molar-refractivity contribution in [1.82, 2.24) is 4.98 Å². The van der Waals surface area contributed by atoms with Gasteiger partial charge in [-0.1, -0.05) is 0 Å². The van der Waals surface area contributed by atoms with Crippen LogP contribution in [0.5, 0.6) is 5.88 Å². The van der Waals surface area contributed by atoms with Crippen molar-refractivity contribution >= 4 is 17.3 Å². The number of anilines is 2. The normalized spacial score (nSPS) is 9.95. The van der Waals surface area contributed by atoms with E-state index in [1.807, 2.05) is 31.1 Å². The summed E-state index contributed by atoms with van der Waals surface area (Å²) < 4.78 is 4.97. The zero-order valence-corrected chi connectivity index (χ0v) is 11.8. The number of nitrogens with zero attached hydrogens (tertiary/aromatic N) is 2. The van der Waals surface area contributed by atoms with Crippen molar-refractivity contribution in [3.63, 3.8) is 0 Å². The average molecular weight is 271 g/mol. The Kier molecular flexibility index (Phi) is 4.20. The summed E-state index contributed by atoms with van der Waals surface area (Å²) in [6, 6.07) is 10.8. The summed E-state index contributed by atoms with van der Waals surface area (Å²) in [5, 5.41) is 2.79. The molecule has 0 saturated heterocycles. The van der Waals surface area contributed by atoms with Crippen LogP contribution in [-0.2, 0) is 0 Å². The number of carbonyl (C=O) groups excluding carboxylic acids is 1. The third kappa shape index (κ3) is 3.26. The minimum Gasteiger partial charge on any atom is -0.481 e. The molecule has 0 fully saturated rings. The number of ether oxygens (including phenoxy) is 1. The van der Waals surface area contributed by atoms with E-state index in [1.54, 1.807) is 37.6 Å². The molecule has 104 valence electrons. The van der Waals surface area contributed by atoms with Crippen molar-refractivity contribution in [1.29, 1.82) is 0 Å². The summed E-state index contributed by atoms with van der Waals surface area (Å²) in [6.45, 7) is 0. The molecule has 1 N–H and O–H groups in total. The molecule has 2 aromatic rings. The van der Waals surface area contributed by atoms with E-state index in [2.05, 4.69) is 10.3 Å². The van der Waals surface area contributed by atoms with E-state index in [4.69, 9.17) is 4.74 Å². The van der Waals surface area contributed by atoms with Gasteiger partial charge >= 0.3 is 0 Å². The Morgan fingerprint density at radius 3 is 2.35 bits per heavy atom. The quantitative estimate of drug-likeness (QED) is 0.927. The Balaban J connectivity index is 2.07. The monoisotopic (exact) mass is 271 g/mol. The van der Waals surface area contributed by atoms with Gasteiger partial charge in [-0.2, -0.15) is 0 Å². The summed E-state index contributed by atoms with van der Waals surface area (Å²) in [5.74, 6) is 0.348. The van der Waals surface area contributed by atoms with Crippen LogP contribution < -0.4 is 15.0 Å². The third-order valence-electron chi connectivity index (χ3n) is 2.85. The molecule has 2 rings (SSSR count). The lowest BCUT2D eigenvalue weighted by Gasteiger charge is -2.12. The number of pyridine rings is 1. The highest BCUT2D eigenvalue weighted by atomic mass is 16.5. The SMILES string of the molecule is COc1ccc(NC(=O)c2ccc(N(C)C)cc2)cn1. The van der Waals surface area contributed by atoms with Gasteiger partial charge in [0.2, 0.25) is 5.88 Å². The molecule has 0 saturated carbocycles. The lowest BCUT2D eigenvalue weighted by molar-refractivity contribution is 0.102. The maximum Gasteiger partial charge on any atom is 0.255 e. The zero-order valence-electron chi connectivity index (χ0n) is 11.8. The van der Waals surface area contributed by atoms with E-state index < -0.39 is 0 Å². The van der Waals surface area contributed by atoms with Crippen LogP contribution in [0.4, 0.5) is 11.4 Å². The van der Waals surface area contributed by atoms with Gasteiger partial charge in [0, 0.05) is 31.4 Å². The van der Waals surface area contributed by atoms with Gasteiger partial charge in [-0.05, 0) is 30.3 Å². The first kappa shape index (κ1) is 13.9. The predicted octanol–water partition coefficient (Wildman–Crippen LogP) is 2.41. The van der Waals surface area contributed by atoms with Crippen LogP contribution in [0, 0.1) is 0 Å². The third-order valence-corrected chi connectivity index (χ3v) is 2.85. The topological polar surface area (TPSA) is 54.5 Å². The molecule has 20 heavy (non-hydrogen) atoms. The fourth-order valence-electron chi connectivity index (χ4n) is 1.69. The summed E-state index contributed by atoms with van der Waals surface area (Å²) in [4.78, 5) is 18.1. The van der Waals surface area contributed by atoms with Gasteiger partial charge in [0.1, 0.15) is 0 Å². The van der Waals surface area contributed by atoms with Crippen LogP contribution in [0.2, 0.25) is 0 Å². The molecular weight excluding hydrogens is 254 g/mol. The molecular formula is C15H17N3O2. The smallest absolute Gasteiger partial charge is 0.255 e. The van der Waals surface area contributed by atoms with Crippen LogP contribution in [0.25, 0.3) is 0 Å². The Morgan fingerprint density at radius 1 is 1.15 bits per heavy atom. The molecule has 1 heterocycles. The predicted molar refractivity (Wildman–Crippen MR) is 79.5 cm³/mol. The Labute approximate surface area is 118 Å². The number of nitrogens with one attached hydrogen (secondary N) is 1. The number of hydrogen-bond donors (Lipinski definition) is 1. The fraction of sp³-hybridized carbons (Fsp3) is 0.200. The van der Waals surface area contributed by atoms with Gasteiger partial charge in [-0.3, -0.25) is 4.79 Å². The van der Waals surface area contributed by atoms with Crippen molar-refractivity contribution < 1.29 is 9.53 Å². The lowest BCUT2D eigenvalue weighted by Crippen LogP contribution is -2.13. The summed E-state index contributed by atoms with van der Waals surface area (Å²) in [6.07, 6.45) is 1.56. The molecule has 0 aliphatic heterocycles. The number of methoxy groups -OCH3 is 1. The van der Waals surface area contributed by atoms with Crippen molar-refractivity contribution in [2.24, 2.45) is 0 Å². The van der Waals surface area contributed by atoms with Crippen LogP contribution >= 0.6 is 0 Å². The molecule has 0 bridgehead atoms.